The maximum Gasteiger partial charge on any atom is 0.347 e. The van der Waals surface area contributed by atoms with Crippen LogP contribution in [0.2, 0.25) is 0 Å². The van der Waals surface area contributed by atoms with E-state index in [-0.39, 0.29) is 0 Å². The van der Waals surface area contributed by atoms with Gasteiger partial charge in [0.25, 0.3) is 0 Å². The van der Waals surface area contributed by atoms with E-state index in [2.05, 4.69) is 0 Å². The van der Waals surface area contributed by atoms with Gasteiger partial charge in [-0.05, 0) is 43.9 Å². The molecule has 0 saturated carbocycles. The molecule has 0 amide bonds. The quantitative estimate of drug-likeness (QED) is 0.829. The van der Waals surface area contributed by atoms with Crippen molar-refractivity contribution in [3.05, 3.63) is 28.8 Å². The second kappa shape index (κ2) is 6.06. The molecule has 0 aromatic heterocycles. The van der Waals surface area contributed by atoms with E-state index in [0.29, 0.717) is 18.7 Å². The van der Waals surface area contributed by atoms with Crippen LogP contribution < -0.4 is 10.5 Å². The van der Waals surface area contributed by atoms with Crippen molar-refractivity contribution in [1.82, 2.24) is 0 Å². The molecule has 4 heteroatoms. The molecule has 0 heterocycles. The summed E-state index contributed by atoms with van der Waals surface area (Å²) in [5, 5.41) is 9.36. The van der Waals surface area contributed by atoms with Crippen molar-refractivity contribution in [2.45, 2.75) is 52.7 Å². The first-order valence-corrected chi connectivity index (χ1v) is 6.56. The van der Waals surface area contributed by atoms with Crippen LogP contribution in [0, 0.1) is 13.8 Å². The van der Waals surface area contributed by atoms with E-state index in [1.165, 1.54) is 0 Å². The molecule has 1 aromatic carbocycles. The average molecular weight is 265 g/mol. The van der Waals surface area contributed by atoms with Crippen molar-refractivity contribution in [1.29, 1.82) is 0 Å². The van der Waals surface area contributed by atoms with Crippen LogP contribution in [0.15, 0.2) is 12.1 Å². The molecule has 0 aliphatic rings. The summed E-state index contributed by atoms with van der Waals surface area (Å²) in [5.41, 5.74) is 7.30. The SMILES string of the molecule is CCCC(C)(Oc1c(C)cc(CN)cc1C)C(=O)O. The molecule has 0 spiro atoms. The van der Waals surface area contributed by atoms with E-state index >= 15 is 0 Å². The Morgan fingerprint density at radius 3 is 2.26 bits per heavy atom. The van der Waals surface area contributed by atoms with Gasteiger partial charge in [-0.1, -0.05) is 25.5 Å². The first kappa shape index (κ1) is 15.5. The molecule has 0 aliphatic heterocycles. The molecule has 0 fully saturated rings. The average Bonchev–Trinajstić information content (AvgIpc) is 2.33. The molecule has 0 radical (unpaired) electrons. The Balaban J connectivity index is 3.13. The van der Waals surface area contributed by atoms with E-state index in [9.17, 15) is 9.90 Å². The van der Waals surface area contributed by atoms with Crippen LogP contribution in [-0.4, -0.2) is 16.7 Å². The molecule has 3 N–H and O–H groups in total. The van der Waals surface area contributed by atoms with Crippen molar-refractivity contribution >= 4 is 5.97 Å². The Bertz CT molecular complexity index is 447. The third-order valence-electron chi connectivity index (χ3n) is 3.26. The molecule has 1 aromatic rings. The van der Waals surface area contributed by atoms with Crippen LogP contribution >= 0.6 is 0 Å². The van der Waals surface area contributed by atoms with Gasteiger partial charge in [0.15, 0.2) is 0 Å². The van der Waals surface area contributed by atoms with Crippen molar-refractivity contribution < 1.29 is 14.6 Å². The Morgan fingerprint density at radius 2 is 1.89 bits per heavy atom. The molecule has 4 nitrogen and oxygen atoms in total. The van der Waals surface area contributed by atoms with Gasteiger partial charge in [-0.15, -0.1) is 0 Å². The van der Waals surface area contributed by atoms with Crippen LogP contribution in [0.5, 0.6) is 5.75 Å². The zero-order chi connectivity index (χ0) is 14.6. The third kappa shape index (κ3) is 3.47. The van der Waals surface area contributed by atoms with E-state index in [4.69, 9.17) is 10.5 Å². The smallest absolute Gasteiger partial charge is 0.347 e. The highest BCUT2D eigenvalue weighted by molar-refractivity contribution is 5.77. The fourth-order valence-electron chi connectivity index (χ4n) is 2.22. The van der Waals surface area contributed by atoms with Gasteiger partial charge < -0.3 is 15.6 Å². The van der Waals surface area contributed by atoms with E-state index < -0.39 is 11.6 Å². The number of rotatable bonds is 6. The lowest BCUT2D eigenvalue weighted by atomic mass is 9.99. The lowest BCUT2D eigenvalue weighted by molar-refractivity contribution is -0.154. The van der Waals surface area contributed by atoms with Gasteiger partial charge in [-0.3, -0.25) is 0 Å². The highest BCUT2D eigenvalue weighted by atomic mass is 16.5. The largest absolute Gasteiger partial charge is 0.478 e. The number of carboxylic acids is 1. The topological polar surface area (TPSA) is 72.5 Å². The first-order valence-electron chi connectivity index (χ1n) is 6.56. The predicted octanol–water partition coefficient (Wildman–Crippen LogP) is 2.78. The molecule has 1 atom stereocenters. The molecule has 0 aliphatic carbocycles. The number of aliphatic carboxylic acids is 1. The number of aryl methyl sites for hydroxylation is 2. The lowest BCUT2D eigenvalue weighted by Crippen LogP contribution is -2.41. The van der Waals surface area contributed by atoms with Crippen LogP contribution in [0.3, 0.4) is 0 Å². The number of nitrogens with two attached hydrogens (primary N) is 1. The minimum absolute atomic E-state index is 0.465. The number of ether oxygens (including phenoxy) is 1. The minimum Gasteiger partial charge on any atom is -0.478 e. The molecule has 1 rings (SSSR count). The zero-order valence-corrected chi connectivity index (χ0v) is 12.1. The Morgan fingerprint density at radius 1 is 1.37 bits per heavy atom. The van der Waals surface area contributed by atoms with E-state index in [0.717, 1.165) is 23.1 Å². The number of carboxylic acid groups (broad SMARTS) is 1. The van der Waals surface area contributed by atoms with Gasteiger partial charge in [-0.2, -0.15) is 0 Å². The summed E-state index contributed by atoms with van der Waals surface area (Å²) in [6.45, 7) is 7.86. The maximum atomic E-state index is 11.4. The van der Waals surface area contributed by atoms with Gasteiger partial charge >= 0.3 is 5.97 Å². The third-order valence-corrected chi connectivity index (χ3v) is 3.26. The monoisotopic (exact) mass is 265 g/mol. The summed E-state index contributed by atoms with van der Waals surface area (Å²) in [5.74, 6) is -0.286. The molecular formula is C15H23NO3. The van der Waals surface area contributed by atoms with Gasteiger partial charge in [0.05, 0.1) is 0 Å². The second-order valence-electron chi connectivity index (χ2n) is 5.15. The minimum atomic E-state index is -1.19. The number of benzene rings is 1. The Labute approximate surface area is 114 Å². The summed E-state index contributed by atoms with van der Waals surface area (Å²) in [4.78, 5) is 11.4. The lowest BCUT2D eigenvalue weighted by Gasteiger charge is -2.28. The summed E-state index contributed by atoms with van der Waals surface area (Å²) in [7, 11) is 0. The van der Waals surface area contributed by atoms with Crippen LogP contribution in [0.25, 0.3) is 0 Å². The van der Waals surface area contributed by atoms with Crippen LogP contribution in [-0.2, 0) is 11.3 Å². The van der Waals surface area contributed by atoms with Gasteiger partial charge in [-0.25, -0.2) is 4.79 Å². The first-order chi connectivity index (χ1) is 8.84. The van der Waals surface area contributed by atoms with Crippen molar-refractivity contribution in [3.63, 3.8) is 0 Å². The summed E-state index contributed by atoms with van der Waals surface area (Å²) in [6, 6.07) is 3.88. The van der Waals surface area contributed by atoms with Gasteiger partial charge in [0.2, 0.25) is 5.60 Å². The van der Waals surface area contributed by atoms with E-state index in [1.807, 2.05) is 32.9 Å². The normalized spacial score (nSPS) is 13.9. The van der Waals surface area contributed by atoms with Crippen molar-refractivity contribution in [2.24, 2.45) is 5.73 Å². The maximum absolute atomic E-state index is 11.4. The highest BCUT2D eigenvalue weighted by Crippen LogP contribution is 2.30. The second-order valence-corrected chi connectivity index (χ2v) is 5.15. The van der Waals surface area contributed by atoms with Gasteiger partial charge in [0, 0.05) is 6.54 Å². The fraction of sp³-hybridized carbons (Fsp3) is 0.533. The van der Waals surface area contributed by atoms with Gasteiger partial charge in [0.1, 0.15) is 5.75 Å². The zero-order valence-electron chi connectivity index (χ0n) is 12.1. The summed E-state index contributed by atoms with van der Waals surface area (Å²) < 4.78 is 5.82. The number of carbonyl (C=O) groups is 1. The van der Waals surface area contributed by atoms with Crippen LogP contribution in [0.1, 0.15) is 43.4 Å². The standard InChI is InChI=1S/C15H23NO3/c1-5-6-15(4,14(17)18)19-13-10(2)7-12(9-16)8-11(13)3/h7-8H,5-6,9,16H2,1-4H3,(H,17,18). The summed E-state index contributed by atoms with van der Waals surface area (Å²) in [6.07, 6.45) is 1.22. The number of hydrogen-bond donors (Lipinski definition) is 2. The fourth-order valence-corrected chi connectivity index (χ4v) is 2.22. The molecule has 0 saturated heterocycles. The van der Waals surface area contributed by atoms with E-state index in [1.54, 1.807) is 6.92 Å². The highest BCUT2D eigenvalue weighted by Gasteiger charge is 2.35. The Kier molecular flexibility index (Phi) is 4.95. The van der Waals surface area contributed by atoms with Crippen molar-refractivity contribution in [2.75, 3.05) is 0 Å². The molecule has 1 unspecified atom stereocenters. The molecule has 106 valence electrons. The van der Waals surface area contributed by atoms with Crippen molar-refractivity contribution in [3.8, 4) is 5.75 Å². The van der Waals surface area contributed by atoms with Crippen LogP contribution in [0.4, 0.5) is 0 Å². The predicted molar refractivity (Wildman–Crippen MR) is 75.4 cm³/mol. The molecule has 19 heavy (non-hydrogen) atoms. The molecular weight excluding hydrogens is 242 g/mol. The summed E-state index contributed by atoms with van der Waals surface area (Å²) >= 11 is 0. The number of hydrogen-bond acceptors (Lipinski definition) is 3. The molecule has 0 bridgehead atoms. The Hall–Kier alpha value is -1.55.